The highest BCUT2D eigenvalue weighted by molar-refractivity contribution is 5.96. The molecule has 0 aromatic heterocycles. The first-order valence-electron chi connectivity index (χ1n) is 7.48. The third-order valence-electron chi connectivity index (χ3n) is 4.71. The molecule has 4 atom stereocenters. The highest BCUT2D eigenvalue weighted by Crippen LogP contribution is 2.48. The number of carbonyl (C=O) groups is 2. The molecule has 0 heterocycles. The highest BCUT2D eigenvalue weighted by atomic mass is 19.3. The predicted molar refractivity (Wildman–Crippen MR) is 80.0 cm³/mol. The first-order chi connectivity index (χ1) is 10.8. The average Bonchev–Trinajstić information content (AvgIpc) is 3.07. The van der Waals surface area contributed by atoms with Crippen LogP contribution in [-0.2, 0) is 15.5 Å². The number of fused-ring (bicyclic) bond motifs is 2. The number of nitrogens with one attached hydrogen (secondary N) is 1. The Labute approximate surface area is 132 Å². The lowest BCUT2D eigenvalue weighted by atomic mass is 9.82. The van der Waals surface area contributed by atoms with Gasteiger partial charge in [0.05, 0.1) is 11.8 Å². The maximum Gasteiger partial charge on any atom is 0.307 e. The van der Waals surface area contributed by atoms with Gasteiger partial charge < -0.3 is 10.4 Å². The van der Waals surface area contributed by atoms with Crippen LogP contribution in [0.3, 0.4) is 0 Å². The van der Waals surface area contributed by atoms with Crippen molar-refractivity contribution in [1.29, 1.82) is 0 Å². The molecule has 1 amide bonds. The van der Waals surface area contributed by atoms with Crippen LogP contribution in [-0.4, -0.2) is 17.0 Å². The van der Waals surface area contributed by atoms with E-state index in [0.717, 1.165) is 6.92 Å². The van der Waals surface area contributed by atoms with Crippen molar-refractivity contribution in [2.24, 2.45) is 23.7 Å². The molecule has 0 spiro atoms. The summed E-state index contributed by atoms with van der Waals surface area (Å²) in [5.74, 6) is -5.78. The van der Waals surface area contributed by atoms with Crippen molar-refractivity contribution in [1.82, 2.24) is 0 Å². The second kappa shape index (κ2) is 5.44. The third-order valence-corrected chi connectivity index (χ3v) is 4.71. The quantitative estimate of drug-likeness (QED) is 0.837. The van der Waals surface area contributed by atoms with Crippen LogP contribution in [0, 0.1) is 23.7 Å². The third kappa shape index (κ3) is 2.85. The van der Waals surface area contributed by atoms with Gasteiger partial charge in [-0.1, -0.05) is 24.3 Å². The first-order valence-corrected chi connectivity index (χ1v) is 7.48. The Hall–Kier alpha value is -2.24. The van der Waals surface area contributed by atoms with Crippen molar-refractivity contribution in [3.05, 3.63) is 42.0 Å². The summed E-state index contributed by atoms with van der Waals surface area (Å²) in [4.78, 5) is 23.9. The molecule has 1 fully saturated rings. The van der Waals surface area contributed by atoms with Gasteiger partial charge in [-0.3, -0.25) is 9.59 Å². The second-order valence-electron chi connectivity index (χ2n) is 6.29. The number of aliphatic carboxylic acids is 1. The number of rotatable bonds is 4. The summed E-state index contributed by atoms with van der Waals surface area (Å²) in [5, 5.41) is 12.0. The van der Waals surface area contributed by atoms with E-state index in [-0.39, 0.29) is 23.3 Å². The molecule has 1 aromatic rings. The van der Waals surface area contributed by atoms with Crippen LogP contribution >= 0.6 is 0 Å². The standard InChI is InChI=1S/C17H17F2NO3/c1-17(18,19)11-4-6-12(7-5-11)20-15(21)13-9-2-3-10(8-9)14(13)16(22)23/h2-7,9-10,13-14H,8H2,1H3,(H,20,21)(H,22,23). The minimum absolute atomic E-state index is 0.0691. The number of carbonyl (C=O) groups excluding carboxylic acids is 1. The van der Waals surface area contributed by atoms with E-state index in [2.05, 4.69) is 5.32 Å². The fraction of sp³-hybridized carbons (Fsp3) is 0.412. The Morgan fingerprint density at radius 3 is 2.22 bits per heavy atom. The van der Waals surface area contributed by atoms with E-state index in [9.17, 15) is 23.5 Å². The number of halogens is 2. The molecule has 3 rings (SSSR count). The summed E-state index contributed by atoms with van der Waals surface area (Å²) >= 11 is 0. The number of amides is 1. The Morgan fingerprint density at radius 1 is 1.13 bits per heavy atom. The largest absolute Gasteiger partial charge is 0.481 e. The van der Waals surface area contributed by atoms with E-state index in [1.807, 2.05) is 12.2 Å². The Morgan fingerprint density at radius 2 is 1.70 bits per heavy atom. The SMILES string of the molecule is CC(F)(F)c1ccc(NC(=O)C2C3C=CC(C3)C2C(=O)O)cc1. The smallest absolute Gasteiger partial charge is 0.307 e. The van der Waals surface area contributed by atoms with Gasteiger partial charge in [-0.25, -0.2) is 8.78 Å². The van der Waals surface area contributed by atoms with Crippen molar-refractivity contribution in [2.45, 2.75) is 19.3 Å². The van der Waals surface area contributed by atoms with E-state index in [1.165, 1.54) is 24.3 Å². The molecule has 122 valence electrons. The number of hydrogen-bond donors (Lipinski definition) is 2. The number of alkyl halides is 2. The number of anilines is 1. The minimum Gasteiger partial charge on any atom is -0.481 e. The van der Waals surface area contributed by atoms with Crippen LogP contribution in [0.25, 0.3) is 0 Å². The molecule has 1 aromatic carbocycles. The van der Waals surface area contributed by atoms with Crippen LogP contribution < -0.4 is 5.32 Å². The molecule has 0 aliphatic heterocycles. The van der Waals surface area contributed by atoms with Crippen LogP contribution in [0.15, 0.2) is 36.4 Å². The van der Waals surface area contributed by atoms with Crippen molar-refractivity contribution in [3.63, 3.8) is 0 Å². The summed E-state index contributed by atoms with van der Waals surface area (Å²) in [6, 6.07) is 5.32. The van der Waals surface area contributed by atoms with Gasteiger partial charge >= 0.3 is 5.97 Å². The molecular formula is C17H17F2NO3. The average molecular weight is 321 g/mol. The molecule has 1 saturated carbocycles. The van der Waals surface area contributed by atoms with Crippen LogP contribution in [0.1, 0.15) is 18.9 Å². The lowest BCUT2D eigenvalue weighted by Gasteiger charge is -2.24. The van der Waals surface area contributed by atoms with Crippen molar-refractivity contribution < 1.29 is 23.5 Å². The van der Waals surface area contributed by atoms with Gasteiger partial charge in [-0.15, -0.1) is 0 Å². The highest BCUT2D eigenvalue weighted by Gasteiger charge is 2.51. The van der Waals surface area contributed by atoms with Crippen LogP contribution in [0.4, 0.5) is 14.5 Å². The summed E-state index contributed by atoms with van der Waals surface area (Å²) < 4.78 is 26.4. The van der Waals surface area contributed by atoms with Gasteiger partial charge in [0.25, 0.3) is 5.92 Å². The van der Waals surface area contributed by atoms with Crippen LogP contribution in [0.5, 0.6) is 0 Å². The molecule has 2 N–H and O–H groups in total. The zero-order valence-corrected chi connectivity index (χ0v) is 12.5. The van der Waals surface area contributed by atoms with Gasteiger partial charge in [-0.05, 0) is 30.4 Å². The van der Waals surface area contributed by atoms with Gasteiger partial charge in [0.15, 0.2) is 0 Å². The van der Waals surface area contributed by atoms with Crippen molar-refractivity contribution in [3.8, 4) is 0 Å². The number of carboxylic acids is 1. The Bertz CT molecular complexity index is 663. The summed E-state index contributed by atoms with van der Waals surface area (Å²) in [6.07, 6.45) is 4.44. The fourth-order valence-corrected chi connectivity index (χ4v) is 3.59. The molecule has 2 aliphatic carbocycles. The maximum atomic E-state index is 13.2. The molecule has 23 heavy (non-hydrogen) atoms. The molecule has 0 saturated heterocycles. The van der Waals surface area contributed by atoms with E-state index in [1.54, 1.807) is 0 Å². The zero-order valence-electron chi connectivity index (χ0n) is 12.5. The summed E-state index contributed by atoms with van der Waals surface area (Å²) in [7, 11) is 0. The van der Waals surface area contributed by atoms with Gasteiger partial charge in [0.2, 0.25) is 5.91 Å². The molecule has 0 radical (unpaired) electrons. The molecule has 4 nitrogen and oxygen atoms in total. The van der Waals surface area contributed by atoms with E-state index >= 15 is 0 Å². The first kappa shape index (κ1) is 15.6. The van der Waals surface area contributed by atoms with Crippen molar-refractivity contribution in [2.75, 3.05) is 5.32 Å². The van der Waals surface area contributed by atoms with E-state index in [4.69, 9.17) is 0 Å². The molecule has 6 heteroatoms. The molecule has 4 unspecified atom stereocenters. The van der Waals surface area contributed by atoms with Gasteiger partial charge in [0, 0.05) is 18.2 Å². The molecular weight excluding hydrogens is 304 g/mol. The zero-order chi connectivity index (χ0) is 16.8. The minimum atomic E-state index is -2.94. The van der Waals surface area contributed by atoms with Crippen molar-refractivity contribution >= 4 is 17.6 Å². The topological polar surface area (TPSA) is 66.4 Å². The lowest BCUT2D eigenvalue weighted by molar-refractivity contribution is -0.146. The van der Waals surface area contributed by atoms with E-state index in [0.29, 0.717) is 12.1 Å². The maximum absolute atomic E-state index is 13.2. The Balaban J connectivity index is 1.74. The number of benzene rings is 1. The number of carboxylic acid groups (broad SMARTS) is 1. The normalized spacial score (nSPS) is 28.8. The monoisotopic (exact) mass is 321 g/mol. The fourth-order valence-electron chi connectivity index (χ4n) is 3.59. The van der Waals surface area contributed by atoms with Gasteiger partial charge in [0.1, 0.15) is 0 Å². The predicted octanol–water partition coefficient (Wildman–Crippen LogP) is 3.26. The summed E-state index contributed by atoms with van der Waals surface area (Å²) in [5.41, 5.74) is 0.251. The van der Waals surface area contributed by atoms with Crippen LogP contribution in [0.2, 0.25) is 0 Å². The second-order valence-corrected chi connectivity index (χ2v) is 6.29. The van der Waals surface area contributed by atoms with E-state index < -0.39 is 23.7 Å². The molecule has 2 bridgehead atoms. The lowest BCUT2D eigenvalue weighted by Crippen LogP contribution is -2.36. The summed E-state index contributed by atoms with van der Waals surface area (Å²) in [6.45, 7) is 0.805. The Kier molecular flexibility index (Phi) is 3.70. The number of allylic oxidation sites excluding steroid dienone is 2. The number of hydrogen-bond acceptors (Lipinski definition) is 2. The molecule has 2 aliphatic rings. The van der Waals surface area contributed by atoms with Gasteiger partial charge in [-0.2, -0.15) is 0 Å².